The number of hydrogen-bond acceptors (Lipinski definition) is 10. The van der Waals surface area contributed by atoms with Crippen LogP contribution < -0.4 is 0 Å². The summed E-state index contributed by atoms with van der Waals surface area (Å²) >= 11 is 0. The summed E-state index contributed by atoms with van der Waals surface area (Å²) in [5.41, 5.74) is 0. The highest BCUT2D eigenvalue weighted by molar-refractivity contribution is 7.47. The zero-order valence-electron chi connectivity index (χ0n) is 45.8. The summed E-state index contributed by atoms with van der Waals surface area (Å²) in [6.07, 6.45) is 51.7. The number of esters is 3. The zero-order valence-corrected chi connectivity index (χ0v) is 46.7. The highest BCUT2D eigenvalue weighted by Gasteiger charge is 2.28. The van der Waals surface area contributed by atoms with Crippen LogP contribution in [0.25, 0.3) is 0 Å². The van der Waals surface area contributed by atoms with Crippen LogP contribution in [0.3, 0.4) is 0 Å². The molecule has 2 N–H and O–H groups in total. The Kier molecular flexibility index (Phi) is 52.1. The molecule has 3 unspecified atom stereocenters. The van der Waals surface area contributed by atoms with Gasteiger partial charge in [0.25, 0.3) is 0 Å². The Morgan fingerprint density at radius 1 is 0.386 bits per heavy atom. The zero-order chi connectivity index (χ0) is 51.3. The molecule has 0 amide bonds. The molecule has 70 heavy (non-hydrogen) atoms. The van der Waals surface area contributed by atoms with Gasteiger partial charge in [-0.25, -0.2) is 4.57 Å². The largest absolute Gasteiger partial charge is 0.472 e. The van der Waals surface area contributed by atoms with Crippen molar-refractivity contribution in [1.82, 2.24) is 0 Å². The number of carbonyl (C=O) groups is 3. The van der Waals surface area contributed by atoms with E-state index in [-0.39, 0.29) is 25.9 Å². The standard InChI is InChI=1S/C58H111O11P/c1-4-7-10-13-16-19-22-24-25-26-27-28-29-31-34-37-40-43-46-49-58(62)69-55(51-65-56(60)47-44-41-38-35-32-21-18-15-12-9-6-3)53-67-70(63,64)66-52-54(50-59)68-57(61)48-45-42-39-36-33-30-23-20-17-14-11-8-5-2/h20,23,54-55,59H,4-19,21-22,24-53H2,1-3H3,(H,63,64)/b23-20-. The van der Waals surface area contributed by atoms with Gasteiger partial charge in [0.2, 0.25) is 0 Å². The third kappa shape index (κ3) is 51.1. The first-order valence-corrected chi connectivity index (χ1v) is 31.1. The third-order valence-corrected chi connectivity index (χ3v) is 14.1. The van der Waals surface area contributed by atoms with E-state index in [1.165, 1.54) is 167 Å². The summed E-state index contributed by atoms with van der Waals surface area (Å²) in [4.78, 5) is 48.5. The lowest BCUT2D eigenvalue weighted by Crippen LogP contribution is -2.30. The number of hydrogen-bond donors (Lipinski definition) is 2. The Balaban J connectivity index is 4.63. The molecule has 0 heterocycles. The average molecular weight is 1020 g/mol. The maximum absolute atomic E-state index is 12.9. The second kappa shape index (κ2) is 53.5. The molecule has 0 saturated heterocycles. The van der Waals surface area contributed by atoms with E-state index < -0.39 is 57.8 Å². The van der Waals surface area contributed by atoms with E-state index in [1.807, 2.05) is 0 Å². The summed E-state index contributed by atoms with van der Waals surface area (Å²) < 4.78 is 39.5. The lowest BCUT2D eigenvalue weighted by Gasteiger charge is -2.21. The molecule has 0 aliphatic heterocycles. The highest BCUT2D eigenvalue weighted by Crippen LogP contribution is 2.43. The van der Waals surface area contributed by atoms with E-state index in [9.17, 15) is 28.9 Å². The van der Waals surface area contributed by atoms with Crippen molar-refractivity contribution in [2.75, 3.05) is 26.4 Å². The van der Waals surface area contributed by atoms with Crippen molar-refractivity contribution in [3.05, 3.63) is 12.2 Å². The van der Waals surface area contributed by atoms with Gasteiger partial charge in [0, 0.05) is 19.3 Å². The predicted molar refractivity (Wildman–Crippen MR) is 289 cm³/mol. The Morgan fingerprint density at radius 2 is 0.657 bits per heavy atom. The van der Waals surface area contributed by atoms with Gasteiger partial charge in [0.1, 0.15) is 12.7 Å². The van der Waals surface area contributed by atoms with Crippen LogP contribution in [-0.4, -0.2) is 66.5 Å². The van der Waals surface area contributed by atoms with Crippen LogP contribution in [0.5, 0.6) is 0 Å². The van der Waals surface area contributed by atoms with Crippen molar-refractivity contribution in [2.45, 2.75) is 315 Å². The lowest BCUT2D eigenvalue weighted by atomic mass is 10.0. The quantitative estimate of drug-likeness (QED) is 0.0197. The summed E-state index contributed by atoms with van der Waals surface area (Å²) in [5.74, 6) is -1.44. The first-order valence-electron chi connectivity index (χ1n) is 29.6. The molecule has 0 saturated carbocycles. The first-order chi connectivity index (χ1) is 34.2. The van der Waals surface area contributed by atoms with Gasteiger partial charge in [-0.2, -0.15) is 0 Å². The minimum atomic E-state index is -4.74. The number of phosphoric acid groups is 1. The molecule has 3 atom stereocenters. The number of aliphatic hydroxyl groups excluding tert-OH is 1. The Bertz CT molecular complexity index is 1230. The molecule has 0 spiro atoms. The van der Waals surface area contributed by atoms with E-state index in [0.29, 0.717) is 19.3 Å². The Morgan fingerprint density at radius 3 is 1.00 bits per heavy atom. The van der Waals surface area contributed by atoms with E-state index in [4.69, 9.17) is 23.3 Å². The molecule has 0 aromatic carbocycles. The summed E-state index contributed by atoms with van der Waals surface area (Å²) in [6.45, 7) is 4.67. The fraction of sp³-hybridized carbons (Fsp3) is 0.914. The molecule has 12 heteroatoms. The van der Waals surface area contributed by atoms with E-state index in [1.54, 1.807) is 0 Å². The van der Waals surface area contributed by atoms with Crippen molar-refractivity contribution >= 4 is 25.7 Å². The van der Waals surface area contributed by atoms with Gasteiger partial charge in [-0.05, 0) is 44.9 Å². The van der Waals surface area contributed by atoms with Crippen LogP contribution in [0.15, 0.2) is 12.2 Å². The monoisotopic (exact) mass is 1010 g/mol. The minimum absolute atomic E-state index is 0.173. The number of phosphoric ester groups is 1. The number of unbranched alkanes of at least 4 members (excludes halogenated alkanes) is 37. The second-order valence-electron chi connectivity index (χ2n) is 20.2. The summed E-state index contributed by atoms with van der Waals surface area (Å²) in [5, 5.41) is 9.80. The number of rotatable bonds is 56. The smallest absolute Gasteiger partial charge is 0.462 e. The molecule has 0 fully saturated rings. The highest BCUT2D eigenvalue weighted by atomic mass is 31.2. The molecule has 0 aliphatic rings. The first kappa shape index (κ1) is 68.2. The van der Waals surface area contributed by atoms with Crippen LogP contribution in [0.2, 0.25) is 0 Å². The topological polar surface area (TPSA) is 155 Å². The van der Waals surface area contributed by atoms with Gasteiger partial charge in [-0.1, -0.05) is 251 Å². The van der Waals surface area contributed by atoms with Crippen LogP contribution in [-0.2, 0) is 42.2 Å². The van der Waals surface area contributed by atoms with Crippen molar-refractivity contribution in [3.8, 4) is 0 Å². The fourth-order valence-electron chi connectivity index (χ4n) is 8.65. The number of carbonyl (C=O) groups excluding carboxylic acids is 3. The predicted octanol–water partition coefficient (Wildman–Crippen LogP) is 17.3. The average Bonchev–Trinajstić information content (AvgIpc) is 3.35. The third-order valence-electron chi connectivity index (χ3n) is 13.2. The number of allylic oxidation sites excluding steroid dienone is 2. The van der Waals surface area contributed by atoms with Gasteiger partial charge < -0.3 is 24.2 Å². The molecule has 0 aromatic heterocycles. The maximum atomic E-state index is 12.9. The molecular formula is C58H111O11P. The molecule has 11 nitrogen and oxygen atoms in total. The van der Waals surface area contributed by atoms with Crippen molar-refractivity contribution < 1.29 is 52.2 Å². The Hall–Kier alpha value is -1.78. The molecule has 0 aromatic rings. The maximum Gasteiger partial charge on any atom is 0.472 e. The molecule has 0 radical (unpaired) electrons. The van der Waals surface area contributed by atoms with Gasteiger partial charge in [-0.3, -0.25) is 23.4 Å². The SMILES string of the molecule is CCCCCC/C=C\CCCCCCCC(=O)OC(CO)COP(=O)(O)OCC(COC(=O)CCCCCCCCCCCCC)OC(=O)CCCCCCCCCCCCCCCCCCCCC. The molecule has 0 aliphatic carbocycles. The van der Waals surface area contributed by atoms with Crippen LogP contribution in [0, 0.1) is 0 Å². The number of ether oxygens (including phenoxy) is 3. The van der Waals surface area contributed by atoms with E-state index in [0.717, 1.165) is 77.0 Å². The van der Waals surface area contributed by atoms with Crippen molar-refractivity contribution in [3.63, 3.8) is 0 Å². The van der Waals surface area contributed by atoms with Crippen molar-refractivity contribution in [2.24, 2.45) is 0 Å². The molecule has 0 bridgehead atoms. The normalized spacial score (nSPS) is 13.4. The van der Waals surface area contributed by atoms with Gasteiger partial charge in [0.05, 0.1) is 19.8 Å². The fourth-order valence-corrected chi connectivity index (χ4v) is 9.43. The van der Waals surface area contributed by atoms with Gasteiger partial charge in [-0.15, -0.1) is 0 Å². The molecule has 414 valence electrons. The summed E-state index contributed by atoms with van der Waals surface area (Å²) in [6, 6.07) is 0. The Labute approximate surface area is 430 Å². The van der Waals surface area contributed by atoms with E-state index >= 15 is 0 Å². The van der Waals surface area contributed by atoms with Crippen LogP contribution in [0.1, 0.15) is 303 Å². The van der Waals surface area contributed by atoms with Gasteiger partial charge in [0.15, 0.2) is 6.10 Å². The lowest BCUT2D eigenvalue weighted by molar-refractivity contribution is -0.161. The van der Waals surface area contributed by atoms with Crippen LogP contribution in [0.4, 0.5) is 0 Å². The number of aliphatic hydroxyl groups is 1. The molecule has 0 rings (SSSR count). The van der Waals surface area contributed by atoms with Gasteiger partial charge >= 0.3 is 25.7 Å². The minimum Gasteiger partial charge on any atom is -0.462 e. The van der Waals surface area contributed by atoms with Crippen LogP contribution >= 0.6 is 7.82 Å². The molecular weight excluding hydrogens is 904 g/mol. The van der Waals surface area contributed by atoms with Crippen molar-refractivity contribution in [1.29, 1.82) is 0 Å². The summed E-state index contributed by atoms with van der Waals surface area (Å²) in [7, 11) is -4.74. The second-order valence-corrected chi connectivity index (χ2v) is 21.6. The van der Waals surface area contributed by atoms with E-state index in [2.05, 4.69) is 32.9 Å².